The van der Waals surface area contributed by atoms with Gasteiger partial charge in [-0.1, -0.05) is 91.1 Å². The van der Waals surface area contributed by atoms with Gasteiger partial charge in [0.05, 0.1) is 5.92 Å². The molecule has 0 heterocycles. The first-order valence-electron chi connectivity index (χ1n) is 8.19. The van der Waals surface area contributed by atoms with Crippen LogP contribution in [0.1, 0.15) is 46.0 Å². The third-order valence-corrected chi connectivity index (χ3v) is 6.03. The molecule has 1 amide bonds. The monoisotopic (exact) mass is 434 g/mol. The summed E-state index contributed by atoms with van der Waals surface area (Å²) in [5, 5.41) is 6.16. The third-order valence-electron chi connectivity index (χ3n) is 5.12. The largest absolute Gasteiger partial charge is 0.336 e. The number of carbonyl (C=O) groups is 1. The first-order chi connectivity index (χ1) is 11.0. The third kappa shape index (κ3) is 5.31. The molecule has 2 aliphatic carbocycles. The molecule has 3 atom stereocenters. The number of rotatable bonds is 5. The summed E-state index contributed by atoms with van der Waals surface area (Å²) in [4.78, 5) is 12.7. The van der Waals surface area contributed by atoms with Crippen molar-refractivity contribution in [2.45, 2.75) is 62.0 Å². The van der Waals surface area contributed by atoms with Gasteiger partial charge in [-0.2, -0.15) is 0 Å². The molecule has 2 aliphatic rings. The Kier molecular flexibility index (Phi) is 7.07. The minimum atomic E-state index is -1.62. The second-order valence-electron chi connectivity index (χ2n) is 7.27. The average Bonchev–Trinajstić information content (AvgIpc) is 2.98. The molecule has 0 aromatic carbocycles. The lowest BCUT2D eigenvalue weighted by molar-refractivity contribution is -0.124. The highest BCUT2D eigenvalue weighted by Crippen LogP contribution is 2.59. The molecular weight excluding hydrogens is 413 g/mol. The standard InChI is InChI=1S/C16H23Cl5N2O/c1-15(2)10(8-11(17)18)12(15)13(24)23-14(16(19,20)21)22-9-6-4-3-5-7-9/h8-10,12,14,22H,3-7H2,1-2H3,(H,23,24)/t10-,12-,14+/m1/s1. The van der Waals surface area contributed by atoms with E-state index in [1.807, 2.05) is 13.8 Å². The van der Waals surface area contributed by atoms with Crippen LogP contribution in [0.5, 0.6) is 0 Å². The number of amides is 1. The number of allylic oxidation sites excluding steroid dienone is 1. The molecule has 8 heteroatoms. The zero-order chi connectivity index (χ0) is 18.1. The van der Waals surface area contributed by atoms with E-state index in [1.54, 1.807) is 6.08 Å². The van der Waals surface area contributed by atoms with Crippen LogP contribution in [-0.4, -0.2) is 21.9 Å². The minimum Gasteiger partial charge on any atom is -0.336 e. The van der Waals surface area contributed by atoms with Crippen LogP contribution in [0.15, 0.2) is 10.6 Å². The van der Waals surface area contributed by atoms with Gasteiger partial charge < -0.3 is 5.32 Å². The number of alkyl halides is 3. The smallest absolute Gasteiger partial charge is 0.225 e. The second kappa shape index (κ2) is 8.10. The van der Waals surface area contributed by atoms with Crippen molar-refractivity contribution in [1.82, 2.24) is 10.6 Å². The van der Waals surface area contributed by atoms with Gasteiger partial charge in [0.1, 0.15) is 10.7 Å². The summed E-state index contributed by atoms with van der Waals surface area (Å²) < 4.78 is -1.46. The highest BCUT2D eigenvalue weighted by molar-refractivity contribution is 6.68. The summed E-state index contributed by atoms with van der Waals surface area (Å²) in [5.74, 6) is -0.420. The van der Waals surface area contributed by atoms with E-state index in [4.69, 9.17) is 58.0 Å². The van der Waals surface area contributed by atoms with Gasteiger partial charge in [0.2, 0.25) is 9.70 Å². The van der Waals surface area contributed by atoms with Crippen LogP contribution in [0, 0.1) is 17.3 Å². The van der Waals surface area contributed by atoms with Crippen molar-refractivity contribution in [1.29, 1.82) is 0 Å². The molecule has 0 aromatic rings. The van der Waals surface area contributed by atoms with Crippen LogP contribution in [-0.2, 0) is 4.79 Å². The van der Waals surface area contributed by atoms with Gasteiger partial charge in [-0.25, -0.2) is 0 Å². The van der Waals surface area contributed by atoms with Crippen molar-refractivity contribution in [3.05, 3.63) is 10.6 Å². The van der Waals surface area contributed by atoms with Crippen LogP contribution in [0.25, 0.3) is 0 Å². The Morgan fingerprint density at radius 1 is 1.17 bits per heavy atom. The van der Waals surface area contributed by atoms with E-state index in [2.05, 4.69) is 10.6 Å². The van der Waals surface area contributed by atoms with E-state index in [9.17, 15) is 4.79 Å². The van der Waals surface area contributed by atoms with Gasteiger partial charge in [0.15, 0.2) is 0 Å². The molecule has 3 nitrogen and oxygen atoms in total. The van der Waals surface area contributed by atoms with Crippen molar-refractivity contribution in [2.75, 3.05) is 0 Å². The normalized spacial score (nSPS) is 28.1. The van der Waals surface area contributed by atoms with Crippen LogP contribution >= 0.6 is 58.0 Å². The molecule has 0 bridgehead atoms. The second-order valence-corrected chi connectivity index (χ2v) is 10.6. The minimum absolute atomic E-state index is 0.0202. The predicted molar refractivity (Wildman–Crippen MR) is 103 cm³/mol. The molecule has 24 heavy (non-hydrogen) atoms. The first kappa shape index (κ1) is 20.9. The number of hydrogen-bond donors (Lipinski definition) is 2. The number of nitrogens with one attached hydrogen (secondary N) is 2. The van der Waals surface area contributed by atoms with Gasteiger partial charge in [-0.05, 0) is 30.3 Å². The molecule has 0 radical (unpaired) electrons. The van der Waals surface area contributed by atoms with Crippen LogP contribution in [0.2, 0.25) is 0 Å². The summed E-state index contributed by atoms with van der Waals surface area (Å²) in [7, 11) is 0. The highest BCUT2D eigenvalue weighted by atomic mass is 35.6. The number of carbonyl (C=O) groups excluding carboxylic acids is 1. The Morgan fingerprint density at radius 2 is 1.75 bits per heavy atom. The fourth-order valence-electron chi connectivity index (χ4n) is 3.58. The molecule has 2 rings (SSSR count). The van der Waals surface area contributed by atoms with Crippen molar-refractivity contribution in [2.24, 2.45) is 17.3 Å². The Bertz CT molecular complexity index is 493. The zero-order valence-electron chi connectivity index (χ0n) is 13.7. The molecule has 0 aromatic heterocycles. The number of hydrogen-bond acceptors (Lipinski definition) is 2. The van der Waals surface area contributed by atoms with Crippen LogP contribution < -0.4 is 10.6 Å². The van der Waals surface area contributed by atoms with Crippen LogP contribution in [0.4, 0.5) is 0 Å². The van der Waals surface area contributed by atoms with E-state index >= 15 is 0 Å². The fraction of sp³-hybridized carbons (Fsp3) is 0.812. The van der Waals surface area contributed by atoms with Gasteiger partial charge in [0, 0.05) is 6.04 Å². The van der Waals surface area contributed by atoms with E-state index < -0.39 is 9.96 Å². The summed E-state index contributed by atoms with van der Waals surface area (Å²) in [6, 6.07) is 0.250. The lowest BCUT2D eigenvalue weighted by Crippen LogP contribution is -2.57. The van der Waals surface area contributed by atoms with Gasteiger partial charge >= 0.3 is 0 Å². The number of halogens is 5. The van der Waals surface area contributed by atoms with Crippen molar-refractivity contribution in [3.8, 4) is 0 Å². The lowest BCUT2D eigenvalue weighted by atomic mass is 9.95. The van der Waals surface area contributed by atoms with E-state index in [1.165, 1.54) is 6.42 Å². The molecule has 2 fully saturated rings. The first-order valence-corrected chi connectivity index (χ1v) is 10.1. The highest BCUT2D eigenvalue weighted by Gasteiger charge is 2.61. The maximum absolute atomic E-state index is 12.7. The Labute approximate surface area is 168 Å². The molecule has 0 unspecified atom stereocenters. The summed E-state index contributed by atoms with van der Waals surface area (Å²) in [6.45, 7) is 3.99. The van der Waals surface area contributed by atoms with Crippen molar-refractivity contribution in [3.63, 3.8) is 0 Å². The van der Waals surface area contributed by atoms with Crippen molar-refractivity contribution >= 4 is 63.9 Å². The molecule has 2 N–H and O–H groups in total. The van der Waals surface area contributed by atoms with Gasteiger partial charge in [0.25, 0.3) is 0 Å². The quantitative estimate of drug-likeness (QED) is 0.453. The van der Waals surface area contributed by atoms with E-state index in [-0.39, 0.29) is 33.7 Å². The van der Waals surface area contributed by atoms with E-state index in [0.717, 1.165) is 25.7 Å². The topological polar surface area (TPSA) is 41.1 Å². The van der Waals surface area contributed by atoms with Crippen LogP contribution in [0.3, 0.4) is 0 Å². The Hall–Kier alpha value is 0.620. The Morgan fingerprint density at radius 3 is 2.25 bits per heavy atom. The average molecular weight is 437 g/mol. The SMILES string of the molecule is CC1(C)[C@H](C=C(Cl)Cl)[C@@H]1C(=O)N[C@H](NC1CCCCC1)C(Cl)(Cl)Cl. The lowest BCUT2D eigenvalue weighted by Gasteiger charge is -2.33. The zero-order valence-corrected chi connectivity index (χ0v) is 17.5. The molecule has 138 valence electrons. The van der Waals surface area contributed by atoms with Crippen molar-refractivity contribution < 1.29 is 4.79 Å². The fourth-order valence-corrected chi connectivity index (χ4v) is 4.20. The summed E-state index contributed by atoms with van der Waals surface area (Å²) in [6.07, 6.45) is 6.54. The molecular formula is C16H23Cl5N2O. The van der Waals surface area contributed by atoms with Gasteiger partial charge in [-0.3, -0.25) is 10.1 Å². The maximum Gasteiger partial charge on any atom is 0.225 e. The van der Waals surface area contributed by atoms with Gasteiger partial charge in [-0.15, -0.1) is 0 Å². The van der Waals surface area contributed by atoms with E-state index in [0.29, 0.717) is 0 Å². The molecule has 0 aliphatic heterocycles. The molecule has 2 saturated carbocycles. The summed E-state index contributed by atoms with van der Waals surface area (Å²) in [5.41, 5.74) is -0.220. The molecule has 0 saturated heterocycles. The summed E-state index contributed by atoms with van der Waals surface area (Å²) >= 11 is 29.7. The molecule has 0 spiro atoms. The Balaban J connectivity index is 2.01. The maximum atomic E-state index is 12.7. The predicted octanol–water partition coefficient (Wildman–Crippen LogP) is 5.31.